The van der Waals surface area contributed by atoms with Crippen LogP contribution in [0.25, 0.3) is 0 Å². The Morgan fingerprint density at radius 1 is 1.21 bits per heavy atom. The maximum Gasteiger partial charge on any atom is 0.416 e. The average molecular weight is 415 g/mol. The van der Waals surface area contributed by atoms with Gasteiger partial charge in [0.25, 0.3) is 5.56 Å². The number of nitrogens with one attached hydrogen (secondary N) is 3. The van der Waals surface area contributed by atoms with E-state index in [1.165, 1.54) is 0 Å². The molecule has 1 heterocycles. The topological polar surface area (TPSA) is 124 Å². The molecule has 1 aromatic heterocycles. The number of aliphatic hydroxyl groups excluding tert-OH is 1. The molecule has 11 heteroatoms. The second-order valence-electron chi connectivity index (χ2n) is 6.30. The summed E-state index contributed by atoms with van der Waals surface area (Å²) in [4.78, 5) is 39.2. The molecular weight excluding hydrogens is 395 g/mol. The number of aromatic nitrogens is 2. The smallest absolute Gasteiger partial charge is 0.416 e. The van der Waals surface area contributed by atoms with Crippen molar-refractivity contribution in [3.8, 4) is 5.75 Å². The van der Waals surface area contributed by atoms with Crippen molar-refractivity contribution in [1.29, 1.82) is 0 Å². The number of aryl methyl sites for hydroxylation is 1. The summed E-state index contributed by atoms with van der Waals surface area (Å²) in [6, 6.07) is 4.00. The van der Waals surface area contributed by atoms with Crippen LogP contribution in [0, 0.1) is 6.92 Å². The molecule has 1 amide bonds. The molecule has 0 aliphatic heterocycles. The highest BCUT2D eigenvalue weighted by Crippen LogP contribution is 2.30. The summed E-state index contributed by atoms with van der Waals surface area (Å²) in [6.07, 6.45) is -5.47. The summed E-state index contributed by atoms with van der Waals surface area (Å²) in [6.45, 7) is 1.18. The predicted molar refractivity (Wildman–Crippen MR) is 96.7 cm³/mol. The van der Waals surface area contributed by atoms with E-state index in [4.69, 9.17) is 4.74 Å². The third-order valence-corrected chi connectivity index (χ3v) is 4.02. The van der Waals surface area contributed by atoms with E-state index in [9.17, 15) is 32.7 Å². The van der Waals surface area contributed by atoms with Crippen molar-refractivity contribution in [1.82, 2.24) is 15.3 Å². The van der Waals surface area contributed by atoms with Crippen molar-refractivity contribution in [2.24, 2.45) is 0 Å². The second kappa shape index (κ2) is 9.41. The number of ether oxygens (including phenoxy) is 1. The van der Waals surface area contributed by atoms with Crippen molar-refractivity contribution in [3.63, 3.8) is 0 Å². The summed E-state index contributed by atoms with van der Waals surface area (Å²) in [7, 11) is 0. The molecular formula is C18H20F3N3O5. The Labute approximate surface area is 162 Å². The largest absolute Gasteiger partial charge is 0.491 e. The van der Waals surface area contributed by atoms with E-state index in [0.717, 1.165) is 24.3 Å². The fourth-order valence-corrected chi connectivity index (χ4v) is 2.48. The Morgan fingerprint density at radius 3 is 2.45 bits per heavy atom. The van der Waals surface area contributed by atoms with E-state index in [-0.39, 0.29) is 37.3 Å². The quantitative estimate of drug-likeness (QED) is 0.510. The number of alkyl halides is 3. The molecule has 0 saturated carbocycles. The molecule has 8 nitrogen and oxygen atoms in total. The molecule has 1 atom stereocenters. The fraction of sp³-hybridized carbons (Fsp3) is 0.389. The molecule has 1 aromatic carbocycles. The van der Waals surface area contributed by atoms with E-state index in [1.807, 2.05) is 0 Å². The van der Waals surface area contributed by atoms with Gasteiger partial charge < -0.3 is 20.1 Å². The number of rotatable bonds is 8. The number of aromatic amines is 2. The number of hydrogen-bond acceptors (Lipinski definition) is 5. The molecule has 0 radical (unpaired) electrons. The van der Waals surface area contributed by atoms with Crippen molar-refractivity contribution < 1.29 is 27.8 Å². The van der Waals surface area contributed by atoms with Gasteiger partial charge in [0, 0.05) is 24.2 Å². The molecule has 0 fully saturated rings. The zero-order valence-electron chi connectivity index (χ0n) is 15.4. The minimum Gasteiger partial charge on any atom is -0.491 e. The molecule has 0 bridgehead atoms. The van der Waals surface area contributed by atoms with E-state index in [2.05, 4.69) is 15.3 Å². The molecule has 0 aliphatic rings. The lowest BCUT2D eigenvalue weighted by Crippen LogP contribution is -2.35. The van der Waals surface area contributed by atoms with Gasteiger partial charge in [-0.25, -0.2) is 4.79 Å². The third kappa shape index (κ3) is 6.79. The normalized spacial score (nSPS) is 12.4. The van der Waals surface area contributed by atoms with Gasteiger partial charge in [0.2, 0.25) is 5.91 Å². The lowest BCUT2D eigenvalue weighted by atomic mass is 10.1. The zero-order valence-corrected chi connectivity index (χ0v) is 15.4. The van der Waals surface area contributed by atoms with Crippen LogP contribution in [0.3, 0.4) is 0 Å². The maximum absolute atomic E-state index is 12.5. The molecule has 0 saturated heterocycles. The summed E-state index contributed by atoms with van der Waals surface area (Å²) in [5, 5.41) is 12.3. The second-order valence-corrected chi connectivity index (χ2v) is 6.30. The van der Waals surface area contributed by atoms with Gasteiger partial charge in [0.1, 0.15) is 18.5 Å². The van der Waals surface area contributed by atoms with E-state index in [0.29, 0.717) is 5.69 Å². The lowest BCUT2D eigenvalue weighted by Gasteiger charge is -2.14. The molecule has 0 aliphatic carbocycles. The van der Waals surface area contributed by atoms with Crippen LogP contribution in [-0.2, 0) is 17.4 Å². The Hall–Kier alpha value is -3.08. The Bertz CT molecular complexity index is 951. The number of halogens is 3. The van der Waals surface area contributed by atoms with E-state index < -0.39 is 35.0 Å². The minimum absolute atomic E-state index is 0.0392. The first-order valence-corrected chi connectivity index (χ1v) is 8.63. The Balaban J connectivity index is 1.75. The highest BCUT2D eigenvalue weighted by molar-refractivity contribution is 5.76. The number of amides is 1. The molecule has 1 unspecified atom stereocenters. The number of aliphatic hydroxyl groups is 1. The van der Waals surface area contributed by atoms with Crippen LogP contribution >= 0.6 is 0 Å². The fourth-order valence-electron chi connectivity index (χ4n) is 2.48. The Kier molecular flexibility index (Phi) is 7.21. The molecule has 2 rings (SSSR count). The number of carbonyl (C=O) groups is 1. The molecule has 158 valence electrons. The van der Waals surface area contributed by atoms with Crippen LogP contribution in [-0.4, -0.2) is 40.2 Å². The number of H-pyrrole nitrogens is 2. The summed E-state index contributed by atoms with van der Waals surface area (Å²) >= 11 is 0. The van der Waals surface area contributed by atoms with Gasteiger partial charge in [-0.15, -0.1) is 0 Å². The SMILES string of the molecule is Cc1[nH]c(=O)[nH]c(=O)c1CCC(=O)NCC(O)COc1ccc(C(F)(F)F)cc1. The third-order valence-electron chi connectivity index (χ3n) is 4.02. The van der Waals surface area contributed by atoms with Crippen LogP contribution in [0.15, 0.2) is 33.9 Å². The first kappa shape index (κ1) is 22.2. The molecule has 2 aromatic rings. The lowest BCUT2D eigenvalue weighted by molar-refractivity contribution is -0.137. The zero-order chi connectivity index (χ0) is 21.6. The molecule has 29 heavy (non-hydrogen) atoms. The van der Waals surface area contributed by atoms with E-state index in [1.54, 1.807) is 6.92 Å². The van der Waals surface area contributed by atoms with Crippen LogP contribution in [0.2, 0.25) is 0 Å². The van der Waals surface area contributed by atoms with Gasteiger partial charge in [-0.1, -0.05) is 0 Å². The average Bonchev–Trinajstić information content (AvgIpc) is 2.63. The summed E-state index contributed by atoms with van der Waals surface area (Å²) < 4.78 is 42.7. The van der Waals surface area contributed by atoms with Gasteiger partial charge in [-0.05, 0) is 37.6 Å². The number of hydrogen-bond donors (Lipinski definition) is 4. The maximum atomic E-state index is 12.5. The number of benzene rings is 1. The first-order chi connectivity index (χ1) is 13.6. The van der Waals surface area contributed by atoms with Crippen LogP contribution in [0.4, 0.5) is 13.2 Å². The molecule has 0 spiro atoms. The van der Waals surface area contributed by atoms with E-state index >= 15 is 0 Å². The van der Waals surface area contributed by atoms with Gasteiger partial charge >= 0.3 is 11.9 Å². The van der Waals surface area contributed by atoms with Gasteiger partial charge in [0.15, 0.2) is 0 Å². The van der Waals surface area contributed by atoms with Gasteiger partial charge in [0.05, 0.1) is 5.56 Å². The Morgan fingerprint density at radius 2 is 1.86 bits per heavy atom. The van der Waals surface area contributed by atoms with Gasteiger partial charge in [-0.2, -0.15) is 13.2 Å². The first-order valence-electron chi connectivity index (χ1n) is 8.63. The van der Waals surface area contributed by atoms with Crippen LogP contribution < -0.4 is 21.3 Å². The van der Waals surface area contributed by atoms with Crippen molar-refractivity contribution in [2.45, 2.75) is 32.0 Å². The van der Waals surface area contributed by atoms with Crippen molar-refractivity contribution in [3.05, 3.63) is 61.9 Å². The van der Waals surface area contributed by atoms with Crippen molar-refractivity contribution >= 4 is 5.91 Å². The number of carbonyl (C=O) groups excluding carboxylic acids is 1. The van der Waals surface area contributed by atoms with Crippen molar-refractivity contribution in [2.75, 3.05) is 13.2 Å². The monoisotopic (exact) mass is 415 g/mol. The van der Waals surface area contributed by atoms with Gasteiger partial charge in [-0.3, -0.25) is 14.6 Å². The highest BCUT2D eigenvalue weighted by atomic mass is 19.4. The van der Waals surface area contributed by atoms with Crippen LogP contribution in [0.5, 0.6) is 5.75 Å². The predicted octanol–water partition coefficient (Wildman–Crippen LogP) is 0.879. The van der Waals surface area contributed by atoms with Crippen LogP contribution in [0.1, 0.15) is 23.2 Å². The minimum atomic E-state index is -4.44. The highest BCUT2D eigenvalue weighted by Gasteiger charge is 2.30. The molecule has 4 N–H and O–H groups in total. The summed E-state index contributed by atoms with van der Waals surface area (Å²) in [5.74, 6) is -0.278. The standard InChI is InChI=1S/C18H20F3N3O5/c1-10-14(16(27)24-17(28)23-10)6-7-15(26)22-8-12(25)9-29-13-4-2-11(3-5-13)18(19,20)21/h2-5,12,25H,6-9H2,1H3,(H,22,26)(H2,23,24,27,28). The summed E-state index contributed by atoms with van der Waals surface area (Å²) in [5.41, 5.74) is -1.35.